The molecule has 2 saturated carbocycles. The summed E-state index contributed by atoms with van der Waals surface area (Å²) in [7, 11) is 0. The van der Waals surface area contributed by atoms with Gasteiger partial charge in [-0.05, 0) is 57.1 Å². The summed E-state index contributed by atoms with van der Waals surface area (Å²) >= 11 is 0. The molecule has 10 heteroatoms. The van der Waals surface area contributed by atoms with Crippen molar-refractivity contribution in [1.82, 2.24) is 19.7 Å². The number of likely N-dealkylation sites (tertiary alicyclic amines) is 1. The average Bonchev–Trinajstić information content (AvgIpc) is 3.32. The SMILES string of the molecule is CC(C)n1nc(-c2cnc(N)c(OC(F)(F)F)c2)cc1[C@@H]1[C@@H]2C[C@@H](N3C[C@@H]4C[C@H]3CO4)C[C@@H]21. The third-order valence-corrected chi connectivity index (χ3v) is 7.83. The third kappa shape index (κ3) is 3.67. The summed E-state index contributed by atoms with van der Waals surface area (Å²) in [4.78, 5) is 6.57. The molecular formula is C23H28F3N5O2. The fourth-order valence-corrected chi connectivity index (χ4v) is 6.41. The second-order valence-corrected chi connectivity index (χ2v) is 10.2. The average molecular weight is 464 g/mol. The van der Waals surface area contributed by atoms with E-state index >= 15 is 0 Å². The molecule has 2 aliphatic heterocycles. The normalized spacial score (nSPS) is 33.2. The van der Waals surface area contributed by atoms with Gasteiger partial charge in [0, 0.05) is 48.0 Å². The number of aromatic nitrogens is 3. The zero-order valence-electron chi connectivity index (χ0n) is 18.6. The molecule has 0 unspecified atom stereocenters. The first-order chi connectivity index (χ1) is 15.7. The van der Waals surface area contributed by atoms with Gasteiger partial charge in [0.25, 0.3) is 0 Å². The highest BCUT2D eigenvalue weighted by Gasteiger charge is 2.60. The molecule has 33 heavy (non-hydrogen) atoms. The monoisotopic (exact) mass is 463 g/mol. The first kappa shape index (κ1) is 21.2. The van der Waals surface area contributed by atoms with Gasteiger partial charge in [-0.25, -0.2) is 4.98 Å². The number of pyridine rings is 1. The van der Waals surface area contributed by atoms with E-state index in [0.717, 1.165) is 18.8 Å². The predicted molar refractivity (Wildman–Crippen MR) is 115 cm³/mol. The molecule has 0 spiro atoms. The van der Waals surface area contributed by atoms with Crippen LogP contribution in [0.2, 0.25) is 0 Å². The molecule has 0 radical (unpaired) electrons. The molecule has 0 aromatic carbocycles. The minimum absolute atomic E-state index is 0.143. The zero-order valence-corrected chi connectivity index (χ0v) is 18.6. The van der Waals surface area contributed by atoms with Crippen LogP contribution in [0.25, 0.3) is 11.3 Å². The van der Waals surface area contributed by atoms with Crippen molar-refractivity contribution in [2.75, 3.05) is 18.9 Å². The second-order valence-electron chi connectivity index (χ2n) is 10.2. The number of nitrogens with two attached hydrogens (primary N) is 1. The number of anilines is 1. The maximum Gasteiger partial charge on any atom is 0.573 e. The zero-order chi connectivity index (χ0) is 23.1. The minimum atomic E-state index is -4.83. The molecule has 2 saturated heterocycles. The molecule has 178 valence electrons. The largest absolute Gasteiger partial charge is 0.573 e. The quantitative estimate of drug-likeness (QED) is 0.723. The van der Waals surface area contributed by atoms with Gasteiger partial charge >= 0.3 is 6.36 Å². The first-order valence-corrected chi connectivity index (χ1v) is 11.7. The van der Waals surface area contributed by atoms with Crippen LogP contribution in [0.5, 0.6) is 5.75 Å². The van der Waals surface area contributed by atoms with Gasteiger partial charge in [0.1, 0.15) is 0 Å². The van der Waals surface area contributed by atoms with Crippen LogP contribution in [-0.2, 0) is 4.74 Å². The topological polar surface area (TPSA) is 78.4 Å². The van der Waals surface area contributed by atoms with Crippen molar-refractivity contribution < 1.29 is 22.6 Å². The van der Waals surface area contributed by atoms with E-state index in [1.54, 1.807) is 0 Å². The lowest BCUT2D eigenvalue weighted by Crippen LogP contribution is -2.43. The summed E-state index contributed by atoms with van der Waals surface area (Å²) in [6.07, 6.45) is 0.610. The van der Waals surface area contributed by atoms with E-state index < -0.39 is 12.1 Å². The van der Waals surface area contributed by atoms with Crippen LogP contribution in [0, 0.1) is 11.8 Å². The lowest BCUT2D eigenvalue weighted by molar-refractivity contribution is -0.274. The molecule has 2 aliphatic carbocycles. The Morgan fingerprint density at radius 1 is 1.15 bits per heavy atom. The molecule has 2 aromatic rings. The van der Waals surface area contributed by atoms with Crippen LogP contribution in [0.4, 0.5) is 19.0 Å². The van der Waals surface area contributed by atoms with Gasteiger partial charge in [-0.15, -0.1) is 13.2 Å². The fraction of sp³-hybridized carbons (Fsp3) is 0.652. The molecular weight excluding hydrogens is 435 g/mol. The molecule has 4 fully saturated rings. The summed E-state index contributed by atoms with van der Waals surface area (Å²) in [6, 6.07) is 4.66. The smallest absolute Gasteiger partial charge is 0.402 e. The van der Waals surface area contributed by atoms with E-state index in [1.165, 1.54) is 31.5 Å². The van der Waals surface area contributed by atoms with Crippen LogP contribution >= 0.6 is 0 Å². The number of fused-ring (bicyclic) bond motifs is 3. The van der Waals surface area contributed by atoms with Crippen molar-refractivity contribution in [1.29, 1.82) is 0 Å². The summed E-state index contributed by atoms with van der Waals surface area (Å²) in [5, 5.41) is 4.74. The van der Waals surface area contributed by atoms with Gasteiger partial charge in [0.2, 0.25) is 0 Å². The molecule has 2 N–H and O–H groups in total. The molecule has 2 bridgehead atoms. The molecule has 4 aliphatic rings. The van der Waals surface area contributed by atoms with Gasteiger partial charge in [-0.3, -0.25) is 9.58 Å². The molecule has 4 heterocycles. The van der Waals surface area contributed by atoms with Gasteiger partial charge in [-0.1, -0.05) is 0 Å². The van der Waals surface area contributed by atoms with Crippen molar-refractivity contribution >= 4 is 5.82 Å². The predicted octanol–water partition coefficient (Wildman–Crippen LogP) is 3.97. The minimum Gasteiger partial charge on any atom is -0.402 e. The highest BCUT2D eigenvalue weighted by Crippen LogP contribution is 2.64. The van der Waals surface area contributed by atoms with E-state index in [4.69, 9.17) is 15.6 Å². The number of rotatable bonds is 5. The fourth-order valence-electron chi connectivity index (χ4n) is 6.41. The Labute approximate surface area is 190 Å². The standard InChI is InChI=1S/C23H28F3N5O2/c1-11(2)31-19(7-18(29-31)12-3-20(22(27)28-8-12)33-23(24,25)26)21-16-5-13(6-17(16)21)30-9-15-4-14(30)10-32-15/h3,7-8,11,13-17,21H,4-6,9-10H2,1-2H3,(H2,27,28)/t13-,14-,15-,16-,17+,21-/m0/s1. The van der Waals surface area contributed by atoms with Crippen molar-refractivity contribution in [3.8, 4) is 17.0 Å². The van der Waals surface area contributed by atoms with Gasteiger partial charge < -0.3 is 15.2 Å². The van der Waals surface area contributed by atoms with Gasteiger partial charge in [0.15, 0.2) is 11.6 Å². The summed E-state index contributed by atoms with van der Waals surface area (Å²) in [6.45, 7) is 6.09. The maximum atomic E-state index is 12.7. The van der Waals surface area contributed by atoms with E-state index in [-0.39, 0.29) is 11.9 Å². The Morgan fingerprint density at radius 3 is 2.52 bits per heavy atom. The van der Waals surface area contributed by atoms with Gasteiger partial charge in [-0.2, -0.15) is 5.10 Å². The second kappa shape index (κ2) is 7.33. The van der Waals surface area contributed by atoms with Crippen molar-refractivity contribution in [3.63, 3.8) is 0 Å². The van der Waals surface area contributed by atoms with Crippen molar-refractivity contribution in [3.05, 3.63) is 24.0 Å². The Hall–Kier alpha value is -2.33. The van der Waals surface area contributed by atoms with Gasteiger partial charge in [0.05, 0.1) is 18.4 Å². The molecule has 0 amide bonds. The number of alkyl halides is 3. The first-order valence-electron chi connectivity index (χ1n) is 11.7. The lowest BCUT2D eigenvalue weighted by Gasteiger charge is -2.33. The van der Waals surface area contributed by atoms with E-state index in [0.29, 0.717) is 47.2 Å². The number of halogens is 3. The number of ether oxygens (including phenoxy) is 2. The lowest BCUT2D eigenvalue weighted by atomic mass is 10.0. The Kier molecular flexibility index (Phi) is 4.72. The maximum absolute atomic E-state index is 12.7. The summed E-state index contributed by atoms with van der Waals surface area (Å²) < 4.78 is 50.0. The third-order valence-electron chi connectivity index (χ3n) is 7.83. The van der Waals surface area contributed by atoms with Crippen LogP contribution in [0.15, 0.2) is 18.3 Å². The summed E-state index contributed by atoms with van der Waals surface area (Å²) in [5.41, 5.74) is 7.80. The van der Waals surface area contributed by atoms with E-state index in [2.05, 4.69) is 28.5 Å². The molecule has 7 nitrogen and oxygen atoms in total. The summed E-state index contributed by atoms with van der Waals surface area (Å²) in [5.74, 6) is 0.934. The highest BCUT2D eigenvalue weighted by atomic mass is 19.4. The van der Waals surface area contributed by atoms with E-state index in [9.17, 15) is 13.2 Å². The molecule has 6 rings (SSSR count). The van der Waals surface area contributed by atoms with Crippen LogP contribution < -0.4 is 10.5 Å². The Morgan fingerprint density at radius 2 is 1.91 bits per heavy atom. The number of nitrogens with zero attached hydrogens (tertiary/aromatic N) is 4. The van der Waals surface area contributed by atoms with Crippen LogP contribution in [0.1, 0.15) is 50.8 Å². The van der Waals surface area contributed by atoms with Crippen molar-refractivity contribution in [2.24, 2.45) is 11.8 Å². The van der Waals surface area contributed by atoms with Crippen LogP contribution in [-0.4, -0.2) is 57.4 Å². The Balaban J connectivity index is 1.22. The number of hydrogen-bond acceptors (Lipinski definition) is 6. The van der Waals surface area contributed by atoms with Crippen LogP contribution in [0.3, 0.4) is 0 Å². The number of morpholine rings is 1. The number of nitrogen functional groups attached to an aromatic ring is 1. The molecule has 6 atom stereocenters. The molecule has 2 aromatic heterocycles. The highest BCUT2D eigenvalue weighted by molar-refractivity contribution is 5.64. The number of hydrogen-bond donors (Lipinski definition) is 1. The Bertz CT molecular complexity index is 1060. The van der Waals surface area contributed by atoms with E-state index in [1.807, 2.05) is 10.7 Å². The van der Waals surface area contributed by atoms with Crippen molar-refractivity contribution in [2.45, 2.75) is 69.6 Å².